The predicted molar refractivity (Wildman–Crippen MR) is 92.1 cm³/mol. The Morgan fingerprint density at radius 1 is 0.870 bits per heavy atom. The van der Waals surface area contributed by atoms with Crippen LogP contribution in [0.3, 0.4) is 0 Å². The smallest absolute Gasteiger partial charge is 0.238 e. The van der Waals surface area contributed by atoms with Crippen LogP contribution in [0.5, 0.6) is 0 Å². The number of primary sulfonamides is 1. The van der Waals surface area contributed by atoms with Gasteiger partial charge in [0.2, 0.25) is 10.0 Å². The SMILES string of the molecule is Cc1ccc(-n2cc(C)cc2-c2ccc(S(N)(=O)=O)cc2)cc1. The fourth-order valence-electron chi connectivity index (χ4n) is 2.55. The lowest BCUT2D eigenvalue weighted by Gasteiger charge is -2.10. The van der Waals surface area contributed by atoms with Gasteiger partial charge in [-0.3, -0.25) is 0 Å². The van der Waals surface area contributed by atoms with Crippen molar-refractivity contribution < 1.29 is 8.42 Å². The monoisotopic (exact) mass is 326 g/mol. The van der Waals surface area contributed by atoms with E-state index < -0.39 is 10.0 Å². The summed E-state index contributed by atoms with van der Waals surface area (Å²) in [4.78, 5) is 0.117. The van der Waals surface area contributed by atoms with E-state index in [4.69, 9.17) is 5.14 Å². The van der Waals surface area contributed by atoms with Crippen molar-refractivity contribution in [3.05, 3.63) is 71.9 Å². The normalized spacial score (nSPS) is 11.6. The molecule has 118 valence electrons. The Kier molecular flexibility index (Phi) is 3.83. The molecule has 0 aliphatic heterocycles. The Labute approximate surface area is 136 Å². The average molecular weight is 326 g/mol. The Hall–Kier alpha value is -2.37. The largest absolute Gasteiger partial charge is 0.316 e. The van der Waals surface area contributed by atoms with Crippen molar-refractivity contribution in [3.8, 4) is 16.9 Å². The second-order valence-corrected chi connectivity index (χ2v) is 7.24. The van der Waals surface area contributed by atoms with E-state index in [1.165, 1.54) is 17.7 Å². The quantitative estimate of drug-likeness (QED) is 0.801. The van der Waals surface area contributed by atoms with Crippen LogP contribution < -0.4 is 5.14 Å². The van der Waals surface area contributed by atoms with Crippen LogP contribution in [0.25, 0.3) is 16.9 Å². The van der Waals surface area contributed by atoms with Gasteiger partial charge in [0, 0.05) is 11.9 Å². The van der Waals surface area contributed by atoms with E-state index in [0.29, 0.717) is 0 Å². The lowest BCUT2D eigenvalue weighted by molar-refractivity contribution is 0.598. The Morgan fingerprint density at radius 2 is 1.48 bits per heavy atom. The number of aryl methyl sites for hydroxylation is 2. The third-order valence-electron chi connectivity index (χ3n) is 3.75. The molecule has 0 atom stereocenters. The van der Waals surface area contributed by atoms with Gasteiger partial charge in [-0.2, -0.15) is 0 Å². The van der Waals surface area contributed by atoms with Crippen molar-refractivity contribution in [1.82, 2.24) is 4.57 Å². The Bertz CT molecular complexity index is 938. The number of sulfonamides is 1. The number of hydrogen-bond acceptors (Lipinski definition) is 2. The topological polar surface area (TPSA) is 65.1 Å². The van der Waals surface area contributed by atoms with Crippen molar-refractivity contribution in [2.24, 2.45) is 5.14 Å². The molecule has 2 N–H and O–H groups in total. The van der Waals surface area contributed by atoms with Gasteiger partial charge in [0.15, 0.2) is 0 Å². The van der Waals surface area contributed by atoms with Crippen LogP contribution in [0, 0.1) is 13.8 Å². The number of hydrogen-bond donors (Lipinski definition) is 1. The van der Waals surface area contributed by atoms with E-state index in [0.717, 1.165) is 22.5 Å². The first-order chi connectivity index (χ1) is 10.8. The Morgan fingerprint density at radius 3 is 2.04 bits per heavy atom. The van der Waals surface area contributed by atoms with E-state index in [9.17, 15) is 8.42 Å². The molecule has 0 spiro atoms. The minimum absolute atomic E-state index is 0.117. The van der Waals surface area contributed by atoms with Crippen LogP contribution in [0.4, 0.5) is 0 Å². The van der Waals surface area contributed by atoms with E-state index in [2.05, 4.69) is 48.0 Å². The molecule has 1 aromatic heterocycles. The minimum Gasteiger partial charge on any atom is -0.316 e. The number of rotatable bonds is 3. The molecular weight excluding hydrogens is 308 g/mol. The first-order valence-electron chi connectivity index (χ1n) is 7.24. The minimum atomic E-state index is -3.67. The molecule has 0 fully saturated rings. The summed E-state index contributed by atoms with van der Waals surface area (Å²) in [7, 11) is -3.67. The van der Waals surface area contributed by atoms with Crippen LogP contribution in [-0.2, 0) is 10.0 Å². The third kappa shape index (κ3) is 3.21. The Balaban J connectivity index is 2.09. The first-order valence-corrected chi connectivity index (χ1v) is 8.78. The number of nitrogens with zero attached hydrogens (tertiary/aromatic N) is 1. The summed E-state index contributed by atoms with van der Waals surface area (Å²) >= 11 is 0. The van der Waals surface area contributed by atoms with Gasteiger partial charge in [-0.25, -0.2) is 13.6 Å². The maximum atomic E-state index is 11.4. The van der Waals surface area contributed by atoms with Gasteiger partial charge in [-0.15, -0.1) is 0 Å². The zero-order valence-electron chi connectivity index (χ0n) is 13.0. The fourth-order valence-corrected chi connectivity index (χ4v) is 3.07. The summed E-state index contributed by atoms with van der Waals surface area (Å²) in [5, 5.41) is 5.15. The highest BCUT2D eigenvalue weighted by molar-refractivity contribution is 7.89. The van der Waals surface area contributed by atoms with Gasteiger partial charge >= 0.3 is 0 Å². The van der Waals surface area contributed by atoms with Crippen molar-refractivity contribution in [2.75, 3.05) is 0 Å². The van der Waals surface area contributed by atoms with Crippen LogP contribution in [0.1, 0.15) is 11.1 Å². The average Bonchev–Trinajstić information content (AvgIpc) is 2.89. The summed E-state index contributed by atoms with van der Waals surface area (Å²) < 4.78 is 24.9. The van der Waals surface area contributed by atoms with Gasteiger partial charge in [0.05, 0.1) is 10.6 Å². The highest BCUT2D eigenvalue weighted by atomic mass is 32.2. The van der Waals surface area contributed by atoms with Crippen molar-refractivity contribution >= 4 is 10.0 Å². The molecule has 0 unspecified atom stereocenters. The summed E-state index contributed by atoms with van der Waals surface area (Å²) in [5.74, 6) is 0. The second kappa shape index (κ2) is 5.68. The zero-order valence-corrected chi connectivity index (χ0v) is 13.8. The molecule has 0 amide bonds. The summed E-state index contributed by atoms with van der Waals surface area (Å²) in [6.07, 6.45) is 2.06. The fraction of sp³-hybridized carbons (Fsp3) is 0.111. The molecule has 2 aromatic carbocycles. The maximum Gasteiger partial charge on any atom is 0.238 e. The van der Waals surface area contributed by atoms with Crippen LogP contribution in [0.2, 0.25) is 0 Å². The lowest BCUT2D eigenvalue weighted by Crippen LogP contribution is -2.11. The highest BCUT2D eigenvalue weighted by Crippen LogP contribution is 2.27. The molecular formula is C18H18N2O2S. The van der Waals surface area contributed by atoms with Gasteiger partial charge in [-0.1, -0.05) is 29.8 Å². The van der Waals surface area contributed by atoms with Crippen LogP contribution in [-0.4, -0.2) is 13.0 Å². The summed E-state index contributed by atoms with van der Waals surface area (Å²) in [6, 6.07) is 17.0. The molecule has 4 nitrogen and oxygen atoms in total. The molecule has 1 heterocycles. The molecule has 23 heavy (non-hydrogen) atoms. The van der Waals surface area contributed by atoms with E-state index >= 15 is 0 Å². The molecule has 3 rings (SSSR count). The molecule has 0 saturated heterocycles. The number of aromatic nitrogens is 1. The molecule has 0 aliphatic rings. The highest BCUT2D eigenvalue weighted by Gasteiger charge is 2.11. The maximum absolute atomic E-state index is 11.4. The first kappa shape index (κ1) is 15.5. The molecule has 5 heteroatoms. The standard InChI is InChI=1S/C18H18N2O2S/c1-13-3-7-16(8-4-13)20-12-14(2)11-18(20)15-5-9-17(10-6-15)23(19,21)22/h3-12H,1-2H3,(H2,19,21,22). The van der Waals surface area contributed by atoms with Gasteiger partial charge < -0.3 is 4.57 Å². The molecule has 0 bridgehead atoms. The molecule has 0 saturated carbocycles. The van der Waals surface area contributed by atoms with Crippen molar-refractivity contribution in [1.29, 1.82) is 0 Å². The second-order valence-electron chi connectivity index (χ2n) is 5.68. The summed E-state index contributed by atoms with van der Waals surface area (Å²) in [6.45, 7) is 4.09. The molecule has 0 aliphatic carbocycles. The van der Waals surface area contributed by atoms with E-state index in [-0.39, 0.29) is 4.90 Å². The molecule has 0 radical (unpaired) electrons. The van der Waals surface area contributed by atoms with Crippen LogP contribution >= 0.6 is 0 Å². The van der Waals surface area contributed by atoms with Gasteiger partial charge in [-0.05, 0) is 55.3 Å². The third-order valence-corrected chi connectivity index (χ3v) is 4.68. The van der Waals surface area contributed by atoms with Gasteiger partial charge in [0.25, 0.3) is 0 Å². The van der Waals surface area contributed by atoms with Crippen LogP contribution in [0.15, 0.2) is 65.7 Å². The number of benzene rings is 2. The van der Waals surface area contributed by atoms with Crippen molar-refractivity contribution in [3.63, 3.8) is 0 Å². The van der Waals surface area contributed by atoms with E-state index in [1.807, 2.05) is 6.92 Å². The van der Waals surface area contributed by atoms with Gasteiger partial charge in [0.1, 0.15) is 0 Å². The van der Waals surface area contributed by atoms with E-state index in [1.54, 1.807) is 12.1 Å². The molecule has 3 aromatic rings. The zero-order chi connectivity index (χ0) is 16.6. The summed E-state index contributed by atoms with van der Waals surface area (Å²) in [5.41, 5.74) is 5.35. The predicted octanol–water partition coefficient (Wildman–Crippen LogP) is 3.41. The van der Waals surface area contributed by atoms with Crippen molar-refractivity contribution in [2.45, 2.75) is 18.7 Å². The lowest BCUT2D eigenvalue weighted by atomic mass is 10.1. The number of nitrogens with two attached hydrogens (primary N) is 1.